The molecule has 0 bridgehead atoms. The van der Waals surface area contributed by atoms with Gasteiger partial charge < -0.3 is 4.98 Å². The fourth-order valence-corrected chi connectivity index (χ4v) is 2.14. The molecule has 2 heterocycles. The Kier molecular flexibility index (Phi) is 2.42. The number of hydrogen-bond acceptors (Lipinski definition) is 2. The van der Waals surface area contributed by atoms with Crippen LogP contribution in [0.4, 0.5) is 0 Å². The molecule has 1 aromatic heterocycles. The van der Waals surface area contributed by atoms with Gasteiger partial charge in [-0.15, -0.1) is 0 Å². The van der Waals surface area contributed by atoms with Gasteiger partial charge in [-0.3, -0.25) is 9.69 Å². The lowest BCUT2D eigenvalue weighted by Gasteiger charge is -2.19. The summed E-state index contributed by atoms with van der Waals surface area (Å²) in [5.41, 5.74) is 2.07. The summed E-state index contributed by atoms with van der Waals surface area (Å²) in [6, 6.07) is 2.50. The minimum atomic E-state index is 0.0226. The highest BCUT2D eigenvalue weighted by atomic mass is 16.1. The van der Waals surface area contributed by atoms with E-state index in [1.165, 1.54) is 18.4 Å². The molecule has 0 aromatic carbocycles. The van der Waals surface area contributed by atoms with E-state index >= 15 is 0 Å². The Hall–Kier alpha value is -1.09. The van der Waals surface area contributed by atoms with E-state index in [2.05, 4.69) is 16.9 Å². The Labute approximate surface area is 83.8 Å². The first-order valence-corrected chi connectivity index (χ1v) is 5.08. The molecule has 0 radical (unpaired) electrons. The number of hydrogen-bond donors (Lipinski definition) is 1. The molecule has 1 atom stereocenters. The third kappa shape index (κ3) is 1.60. The van der Waals surface area contributed by atoms with Gasteiger partial charge in [0.15, 0.2) is 0 Å². The summed E-state index contributed by atoms with van der Waals surface area (Å²) in [5, 5.41) is 0. The van der Waals surface area contributed by atoms with Crippen molar-refractivity contribution < 1.29 is 0 Å². The smallest absolute Gasteiger partial charge is 0.250 e. The van der Waals surface area contributed by atoms with Crippen LogP contribution in [0.5, 0.6) is 0 Å². The second-order valence-corrected chi connectivity index (χ2v) is 4.08. The van der Waals surface area contributed by atoms with Gasteiger partial charge in [-0.25, -0.2) is 0 Å². The van der Waals surface area contributed by atoms with Crippen LogP contribution in [-0.4, -0.2) is 23.5 Å². The molecule has 1 aliphatic heterocycles. The number of aryl methyl sites for hydroxylation is 1. The van der Waals surface area contributed by atoms with E-state index in [1.54, 1.807) is 0 Å². The Morgan fingerprint density at radius 3 is 2.93 bits per heavy atom. The average Bonchev–Trinajstić information content (AvgIpc) is 2.57. The molecule has 0 aliphatic carbocycles. The van der Waals surface area contributed by atoms with Crippen molar-refractivity contribution in [1.29, 1.82) is 0 Å². The highest BCUT2D eigenvalue weighted by molar-refractivity contribution is 5.21. The number of aromatic nitrogens is 1. The van der Waals surface area contributed by atoms with Crippen LogP contribution in [0, 0.1) is 6.92 Å². The number of nitrogens with zero attached hydrogens (tertiary/aromatic N) is 1. The topological polar surface area (TPSA) is 36.1 Å². The van der Waals surface area contributed by atoms with Gasteiger partial charge in [0.25, 0.3) is 5.56 Å². The fourth-order valence-electron chi connectivity index (χ4n) is 2.14. The van der Waals surface area contributed by atoms with Crippen molar-refractivity contribution in [3.05, 3.63) is 33.7 Å². The van der Waals surface area contributed by atoms with Gasteiger partial charge in [-0.05, 0) is 45.0 Å². The van der Waals surface area contributed by atoms with E-state index in [9.17, 15) is 4.79 Å². The van der Waals surface area contributed by atoms with Gasteiger partial charge in [-0.1, -0.05) is 0 Å². The van der Waals surface area contributed by atoms with E-state index in [0.717, 1.165) is 12.1 Å². The van der Waals surface area contributed by atoms with E-state index in [0.29, 0.717) is 6.04 Å². The number of H-pyrrole nitrogens is 1. The van der Waals surface area contributed by atoms with Crippen LogP contribution < -0.4 is 5.56 Å². The highest BCUT2D eigenvalue weighted by Gasteiger charge is 2.22. The van der Waals surface area contributed by atoms with Crippen molar-refractivity contribution >= 4 is 0 Å². The zero-order valence-corrected chi connectivity index (χ0v) is 8.71. The largest absolute Gasteiger partial charge is 0.329 e. The van der Waals surface area contributed by atoms with Crippen LogP contribution in [-0.2, 0) is 0 Å². The zero-order valence-electron chi connectivity index (χ0n) is 8.71. The first kappa shape index (κ1) is 9.46. The van der Waals surface area contributed by atoms with Gasteiger partial charge in [0.1, 0.15) is 0 Å². The van der Waals surface area contributed by atoms with Crippen LogP contribution in [0.15, 0.2) is 17.1 Å². The molecule has 14 heavy (non-hydrogen) atoms. The lowest BCUT2D eigenvalue weighted by molar-refractivity contribution is 0.317. The molecule has 1 N–H and O–H groups in total. The lowest BCUT2D eigenvalue weighted by Crippen LogP contribution is -2.19. The Bertz CT molecular complexity index is 383. The van der Waals surface area contributed by atoms with Gasteiger partial charge >= 0.3 is 0 Å². The molecule has 0 amide bonds. The third-order valence-electron chi connectivity index (χ3n) is 3.02. The van der Waals surface area contributed by atoms with Crippen LogP contribution in [0.1, 0.15) is 30.0 Å². The molecular weight excluding hydrogens is 176 g/mol. The van der Waals surface area contributed by atoms with E-state index in [4.69, 9.17) is 0 Å². The summed E-state index contributed by atoms with van der Waals surface area (Å²) in [4.78, 5) is 16.3. The molecule has 1 aliphatic rings. The Morgan fingerprint density at radius 2 is 2.36 bits per heavy atom. The van der Waals surface area contributed by atoms with E-state index < -0.39 is 0 Å². The molecule has 0 saturated carbocycles. The van der Waals surface area contributed by atoms with Crippen LogP contribution in [0.25, 0.3) is 0 Å². The fraction of sp³-hybridized carbons (Fsp3) is 0.545. The second kappa shape index (κ2) is 3.58. The van der Waals surface area contributed by atoms with Crippen LogP contribution in [0.3, 0.4) is 0 Å². The van der Waals surface area contributed by atoms with Gasteiger partial charge in [0, 0.05) is 17.8 Å². The molecule has 3 nitrogen and oxygen atoms in total. The van der Waals surface area contributed by atoms with Crippen molar-refractivity contribution in [3.63, 3.8) is 0 Å². The number of pyridine rings is 1. The highest BCUT2D eigenvalue weighted by Crippen LogP contribution is 2.29. The zero-order chi connectivity index (χ0) is 10.1. The molecule has 1 saturated heterocycles. The third-order valence-corrected chi connectivity index (χ3v) is 3.02. The van der Waals surface area contributed by atoms with Crippen LogP contribution >= 0.6 is 0 Å². The van der Waals surface area contributed by atoms with Crippen molar-refractivity contribution in [2.24, 2.45) is 0 Å². The van der Waals surface area contributed by atoms with Gasteiger partial charge in [0.2, 0.25) is 0 Å². The summed E-state index contributed by atoms with van der Waals surface area (Å²) in [6.45, 7) is 3.01. The molecule has 3 heteroatoms. The van der Waals surface area contributed by atoms with Gasteiger partial charge in [-0.2, -0.15) is 0 Å². The maximum absolute atomic E-state index is 11.2. The summed E-state index contributed by atoms with van der Waals surface area (Å²) < 4.78 is 0. The summed E-state index contributed by atoms with van der Waals surface area (Å²) >= 11 is 0. The summed E-state index contributed by atoms with van der Waals surface area (Å²) in [6.07, 6.45) is 4.29. The summed E-state index contributed by atoms with van der Waals surface area (Å²) in [5.74, 6) is 0. The Morgan fingerprint density at radius 1 is 1.57 bits per heavy atom. The van der Waals surface area contributed by atoms with E-state index in [-0.39, 0.29) is 5.56 Å². The van der Waals surface area contributed by atoms with Crippen molar-refractivity contribution in [3.8, 4) is 0 Å². The normalized spacial score (nSPS) is 22.9. The molecule has 0 spiro atoms. The average molecular weight is 192 g/mol. The maximum Gasteiger partial charge on any atom is 0.250 e. The number of rotatable bonds is 1. The standard InChI is InChI=1S/C11H16N2O/c1-8-6-9(7-12-11(8)14)10-4-3-5-13(10)2/h6-7,10H,3-5H2,1-2H3,(H,12,14)/t10-/m0/s1. The van der Waals surface area contributed by atoms with Gasteiger partial charge in [0.05, 0.1) is 0 Å². The number of aromatic amines is 1. The predicted molar refractivity (Wildman–Crippen MR) is 56.4 cm³/mol. The first-order valence-electron chi connectivity index (χ1n) is 5.08. The molecule has 2 rings (SSSR count). The Balaban J connectivity index is 2.32. The SMILES string of the molecule is Cc1cc([C@@H]2CCCN2C)c[nH]c1=O. The maximum atomic E-state index is 11.2. The monoisotopic (exact) mass is 192 g/mol. The predicted octanol–water partition coefficient (Wildman–Crippen LogP) is 1.45. The lowest BCUT2D eigenvalue weighted by atomic mass is 10.1. The molecule has 1 aromatic rings. The second-order valence-electron chi connectivity index (χ2n) is 4.08. The number of nitrogens with one attached hydrogen (secondary N) is 1. The van der Waals surface area contributed by atoms with Crippen LogP contribution in [0.2, 0.25) is 0 Å². The molecular formula is C11H16N2O. The van der Waals surface area contributed by atoms with Crippen molar-refractivity contribution in [2.75, 3.05) is 13.6 Å². The first-order chi connectivity index (χ1) is 6.68. The number of likely N-dealkylation sites (tertiary alicyclic amines) is 1. The summed E-state index contributed by atoms with van der Waals surface area (Å²) in [7, 11) is 2.14. The minimum Gasteiger partial charge on any atom is -0.329 e. The minimum absolute atomic E-state index is 0.0226. The molecule has 1 fully saturated rings. The molecule has 0 unspecified atom stereocenters. The van der Waals surface area contributed by atoms with Crippen molar-refractivity contribution in [2.45, 2.75) is 25.8 Å². The van der Waals surface area contributed by atoms with E-state index in [1.807, 2.05) is 19.2 Å². The molecule has 76 valence electrons. The van der Waals surface area contributed by atoms with Crippen molar-refractivity contribution in [1.82, 2.24) is 9.88 Å². The quantitative estimate of drug-likeness (QED) is 0.731.